The number of hydrogen-bond donors (Lipinski definition) is 7. The van der Waals surface area contributed by atoms with Gasteiger partial charge in [-0.05, 0) is 6.42 Å². The van der Waals surface area contributed by atoms with Crippen LogP contribution in [-0.4, -0.2) is 78.1 Å². The van der Waals surface area contributed by atoms with Crippen molar-refractivity contribution in [1.82, 2.24) is 0 Å². The second-order valence-corrected chi connectivity index (χ2v) is 9.89. The van der Waals surface area contributed by atoms with Crippen molar-refractivity contribution in [2.45, 2.75) is 147 Å². The van der Waals surface area contributed by atoms with Crippen molar-refractivity contribution < 1.29 is 50.1 Å². The van der Waals surface area contributed by atoms with Crippen molar-refractivity contribution in [3.63, 3.8) is 0 Å². The number of hydrogen-bond acceptors (Lipinski definition) is 7. The topological polar surface area (TPSA) is 193 Å². The zero-order valence-corrected chi connectivity index (χ0v) is 22.7. The molecule has 0 fully saturated rings. The number of carboxylic acids is 3. The lowest BCUT2D eigenvalue weighted by Gasteiger charge is -2.18. The number of carbonyl (C=O) groups is 3. The highest BCUT2D eigenvalue weighted by Gasteiger charge is 2.40. The number of rotatable bonds is 24. The van der Waals surface area contributed by atoms with Gasteiger partial charge in [0.05, 0.1) is 25.6 Å². The second kappa shape index (κ2) is 24.6. The van der Waals surface area contributed by atoms with Crippen LogP contribution >= 0.6 is 0 Å². The van der Waals surface area contributed by atoms with Crippen LogP contribution in [0.4, 0.5) is 0 Å². The molecule has 2 atom stereocenters. The fourth-order valence-corrected chi connectivity index (χ4v) is 3.93. The highest BCUT2D eigenvalue weighted by Crippen LogP contribution is 2.16. The molecule has 0 radical (unpaired) electrons. The largest absolute Gasteiger partial charge is 0.481 e. The summed E-state index contributed by atoms with van der Waals surface area (Å²) in [5.41, 5.74) is -2.74. The van der Waals surface area contributed by atoms with Crippen LogP contribution in [0.2, 0.25) is 0 Å². The van der Waals surface area contributed by atoms with Gasteiger partial charge >= 0.3 is 17.9 Å². The van der Waals surface area contributed by atoms with Crippen molar-refractivity contribution in [2.24, 2.45) is 0 Å². The summed E-state index contributed by atoms with van der Waals surface area (Å²) < 4.78 is 0. The average molecular weight is 537 g/mol. The molecule has 37 heavy (non-hydrogen) atoms. The van der Waals surface area contributed by atoms with Crippen molar-refractivity contribution in [3.05, 3.63) is 0 Å². The van der Waals surface area contributed by atoms with E-state index in [-0.39, 0.29) is 6.61 Å². The number of aliphatic hydroxyl groups is 4. The van der Waals surface area contributed by atoms with E-state index in [2.05, 4.69) is 6.92 Å². The Labute approximate surface area is 221 Å². The van der Waals surface area contributed by atoms with E-state index in [0.717, 1.165) is 12.8 Å². The summed E-state index contributed by atoms with van der Waals surface area (Å²) in [5.74, 6) is -5.02. The molecule has 10 nitrogen and oxygen atoms in total. The SMILES string of the molecule is CCCCCCCCCCCCCCCCCCC(O)C(O)CO.O=C(O)CC(O)(CC(=O)O)C(=O)O. The smallest absolute Gasteiger partial charge is 0.336 e. The predicted molar refractivity (Wildman–Crippen MR) is 140 cm³/mol. The summed E-state index contributed by atoms with van der Waals surface area (Å²) in [5, 5.41) is 61.3. The molecule has 0 heterocycles. The summed E-state index contributed by atoms with van der Waals surface area (Å²) in [4.78, 5) is 30.5. The number of carboxylic acid groups (broad SMARTS) is 3. The first kappa shape index (κ1) is 37.4. The lowest BCUT2D eigenvalue weighted by Crippen LogP contribution is -2.42. The number of aliphatic hydroxyl groups excluding tert-OH is 3. The summed E-state index contributed by atoms with van der Waals surface area (Å²) in [6, 6.07) is 0. The number of unbranched alkanes of at least 4 members (excludes halogenated alkanes) is 15. The normalized spacial score (nSPS) is 12.9. The minimum absolute atomic E-state index is 0.347. The summed E-state index contributed by atoms with van der Waals surface area (Å²) in [6.07, 6.45) is 17.9. The monoisotopic (exact) mass is 536 g/mol. The van der Waals surface area contributed by atoms with E-state index in [4.69, 9.17) is 25.5 Å². The quantitative estimate of drug-likeness (QED) is 0.0883. The zero-order valence-electron chi connectivity index (χ0n) is 22.7. The maximum atomic E-state index is 10.3. The molecule has 0 bridgehead atoms. The molecular formula is C27H52O10. The van der Waals surface area contributed by atoms with Crippen molar-refractivity contribution >= 4 is 17.9 Å². The fourth-order valence-electron chi connectivity index (χ4n) is 3.93. The molecule has 0 rings (SSSR count). The lowest BCUT2D eigenvalue weighted by molar-refractivity contribution is -0.170. The Balaban J connectivity index is 0. The predicted octanol–water partition coefficient (Wildman–Crippen LogP) is 4.10. The molecule has 220 valence electrons. The van der Waals surface area contributed by atoms with E-state index in [1.807, 2.05) is 0 Å². The summed E-state index contributed by atoms with van der Waals surface area (Å²) in [6.45, 7) is 1.93. The van der Waals surface area contributed by atoms with Gasteiger partial charge in [-0.15, -0.1) is 0 Å². The van der Waals surface area contributed by atoms with Crippen LogP contribution in [0.3, 0.4) is 0 Å². The summed E-state index contributed by atoms with van der Waals surface area (Å²) in [7, 11) is 0. The van der Waals surface area contributed by atoms with Crippen molar-refractivity contribution in [1.29, 1.82) is 0 Å². The Hall–Kier alpha value is -1.75. The van der Waals surface area contributed by atoms with Crippen LogP contribution in [0.5, 0.6) is 0 Å². The van der Waals surface area contributed by atoms with Gasteiger partial charge in [0.25, 0.3) is 0 Å². The molecular weight excluding hydrogens is 484 g/mol. The molecule has 7 N–H and O–H groups in total. The molecule has 10 heteroatoms. The second-order valence-electron chi connectivity index (χ2n) is 9.89. The fraction of sp³-hybridized carbons (Fsp3) is 0.889. The van der Waals surface area contributed by atoms with Gasteiger partial charge in [-0.1, -0.05) is 110 Å². The molecule has 0 aromatic rings. The molecule has 2 unspecified atom stereocenters. The Morgan fingerprint density at radius 1 is 0.595 bits per heavy atom. The van der Waals surface area contributed by atoms with Gasteiger partial charge in [-0.25, -0.2) is 4.79 Å². The third-order valence-electron chi connectivity index (χ3n) is 6.27. The molecule has 0 spiro atoms. The van der Waals surface area contributed by atoms with Gasteiger partial charge in [0.15, 0.2) is 5.60 Å². The molecule has 0 aromatic heterocycles. The lowest BCUT2D eigenvalue weighted by atomic mass is 9.96. The standard InChI is InChI=1S/C21H44O3.C6H8O7/c1-2-3-4-5-6-7-8-9-10-11-12-13-14-15-16-17-18-20(23)21(24)19-22;7-3(8)1-6(13,5(11)12)2-4(9)10/h20-24H,2-19H2,1H3;13H,1-2H2,(H,7,8)(H,9,10)(H,11,12). The van der Waals surface area contributed by atoms with Crippen LogP contribution < -0.4 is 0 Å². The van der Waals surface area contributed by atoms with Crippen LogP contribution in [0.25, 0.3) is 0 Å². The van der Waals surface area contributed by atoms with Gasteiger partial charge in [-0.3, -0.25) is 9.59 Å². The maximum absolute atomic E-state index is 10.3. The molecule has 0 aromatic carbocycles. The minimum Gasteiger partial charge on any atom is -0.481 e. The maximum Gasteiger partial charge on any atom is 0.336 e. The van der Waals surface area contributed by atoms with E-state index >= 15 is 0 Å². The molecule has 0 amide bonds. The Morgan fingerprint density at radius 3 is 1.19 bits per heavy atom. The number of aliphatic carboxylic acids is 3. The first-order chi connectivity index (χ1) is 17.5. The Kier molecular flexibility index (Phi) is 24.8. The van der Waals surface area contributed by atoms with Crippen LogP contribution in [0.15, 0.2) is 0 Å². The van der Waals surface area contributed by atoms with Gasteiger partial charge in [0.1, 0.15) is 6.10 Å². The van der Waals surface area contributed by atoms with Crippen molar-refractivity contribution in [3.8, 4) is 0 Å². The Bertz CT molecular complexity index is 566. The van der Waals surface area contributed by atoms with Crippen molar-refractivity contribution in [2.75, 3.05) is 6.61 Å². The zero-order chi connectivity index (χ0) is 28.5. The van der Waals surface area contributed by atoms with E-state index in [0.29, 0.717) is 6.42 Å². The first-order valence-electron chi connectivity index (χ1n) is 13.9. The average Bonchev–Trinajstić information content (AvgIpc) is 2.82. The molecule has 0 aliphatic carbocycles. The van der Waals surface area contributed by atoms with E-state index in [9.17, 15) is 24.6 Å². The van der Waals surface area contributed by atoms with Gasteiger partial charge in [0.2, 0.25) is 0 Å². The minimum atomic E-state index is -2.74. The van der Waals surface area contributed by atoms with Gasteiger partial charge < -0.3 is 35.7 Å². The first-order valence-corrected chi connectivity index (χ1v) is 13.9. The highest BCUT2D eigenvalue weighted by atomic mass is 16.4. The van der Waals surface area contributed by atoms with Crippen LogP contribution in [-0.2, 0) is 14.4 Å². The third-order valence-corrected chi connectivity index (χ3v) is 6.27. The molecule has 0 aliphatic rings. The van der Waals surface area contributed by atoms with Gasteiger partial charge in [0, 0.05) is 0 Å². The van der Waals surface area contributed by atoms with Gasteiger partial charge in [-0.2, -0.15) is 0 Å². The Morgan fingerprint density at radius 2 is 0.919 bits per heavy atom. The molecule has 0 saturated carbocycles. The summed E-state index contributed by atoms with van der Waals surface area (Å²) >= 11 is 0. The van der Waals surface area contributed by atoms with Crippen LogP contribution in [0, 0.1) is 0 Å². The van der Waals surface area contributed by atoms with E-state index < -0.39 is 48.6 Å². The van der Waals surface area contributed by atoms with E-state index in [1.165, 1.54) is 89.9 Å². The molecule has 0 aliphatic heterocycles. The third kappa shape index (κ3) is 24.3. The van der Waals surface area contributed by atoms with E-state index in [1.54, 1.807) is 0 Å². The highest BCUT2D eigenvalue weighted by molar-refractivity contribution is 5.88. The molecule has 0 saturated heterocycles. The van der Waals surface area contributed by atoms with Crippen LogP contribution in [0.1, 0.15) is 129 Å².